The van der Waals surface area contributed by atoms with Gasteiger partial charge in [0.1, 0.15) is 18.1 Å². The molecule has 208 valence electrons. The van der Waals surface area contributed by atoms with Crippen LogP contribution in [0, 0.1) is 0 Å². The minimum absolute atomic E-state index is 0.0180. The Morgan fingerprint density at radius 1 is 0.833 bits per heavy atom. The SMILES string of the molecule is O=C(CSc1nnc(-c2ccccc2OCc2cn(-c3ccccc3)nn2)n1Cc1ccccc1)c1cccc(Br)c1. The summed E-state index contributed by atoms with van der Waals surface area (Å²) in [5.74, 6) is 1.55. The standard InChI is InChI=1S/C32H25BrN6O2S/c33-25-13-9-12-24(18-25)29(40)22-42-32-36-35-31(38(32)19-23-10-3-1-4-11-23)28-16-7-8-17-30(28)41-21-26-20-39(37-34-26)27-14-5-2-6-15-27/h1-18,20H,19,21-22H2. The average Bonchev–Trinajstić information content (AvgIpc) is 3.67. The highest BCUT2D eigenvalue weighted by molar-refractivity contribution is 9.10. The summed E-state index contributed by atoms with van der Waals surface area (Å²) in [6, 6.07) is 35.1. The Hall–Kier alpha value is -4.54. The van der Waals surface area contributed by atoms with Gasteiger partial charge in [-0.1, -0.05) is 106 Å². The van der Waals surface area contributed by atoms with Crippen molar-refractivity contribution in [1.82, 2.24) is 29.8 Å². The number of carbonyl (C=O) groups is 1. The zero-order chi connectivity index (χ0) is 28.7. The van der Waals surface area contributed by atoms with Crippen LogP contribution in [0.2, 0.25) is 0 Å². The van der Waals surface area contributed by atoms with Crippen LogP contribution in [0.15, 0.2) is 125 Å². The number of aromatic nitrogens is 6. The third-order valence-corrected chi connectivity index (χ3v) is 7.90. The lowest BCUT2D eigenvalue weighted by molar-refractivity contribution is 0.102. The third-order valence-electron chi connectivity index (χ3n) is 6.44. The van der Waals surface area contributed by atoms with Gasteiger partial charge in [-0.05, 0) is 42.0 Å². The molecule has 0 aliphatic rings. The van der Waals surface area contributed by atoms with Crippen LogP contribution in [0.3, 0.4) is 0 Å². The Balaban J connectivity index is 1.26. The summed E-state index contributed by atoms with van der Waals surface area (Å²) in [6.45, 7) is 0.774. The van der Waals surface area contributed by atoms with Crippen LogP contribution < -0.4 is 4.74 Å². The minimum atomic E-state index is 0.0180. The van der Waals surface area contributed by atoms with Crippen LogP contribution in [0.25, 0.3) is 17.1 Å². The first-order valence-corrected chi connectivity index (χ1v) is 15.0. The van der Waals surface area contributed by atoms with Crippen LogP contribution in [0.5, 0.6) is 5.75 Å². The molecule has 8 nitrogen and oxygen atoms in total. The van der Waals surface area contributed by atoms with Crippen LogP contribution in [0.4, 0.5) is 0 Å². The molecule has 0 amide bonds. The van der Waals surface area contributed by atoms with Crippen molar-refractivity contribution in [3.63, 3.8) is 0 Å². The molecular formula is C32H25BrN6O2S. The second-order valence-electron chi connectivity index (χ2n) is 9.37. The van der Waals surface area contributed by atoms with E-state index < -0.39 is 0 Å². The fourth-order valence-electron chi connectivity index (χ4n) is 4.38. The number of ether oxygens (including phenoxy) is 1. The first kappa shape index (κ1) is 27.6. The summed E-state index contributed by atoms with van der Waals surface area (Å²) < 4.78 is 10.9. The number of hydrogen-bond donors (Lipinski definition) is 0. The monoisotopic (exact) mass is 636 g/mol. The van der Waals surface area contributed by atoms with Crippen molar-refractivity contribution in [2.45, 2.75) is 18.3 Å². The van der Waals surface area contributed by atoms with Gasteiger partial charge in [-0.15, -0.1) is 15.3 Å². The lowest BCUT2D eigenvalue weighted by atomic mass is 10.1. The number of hydrogen-bond acceptors (Lipinski definition) is 7. The van der Waals surface area contributed by atoms with Crippen molar-refractivity contribution in [1.29, 1.82) is 0 Å². The van der Waals surface area contributed by atoms with Crippen molar-refractivity contribution in [3.05, 3.63) is 137 Å². The van der Waals surface area contributed by atoms with E-state index in [2.05, 4.69) is 48.6 Å². The number of ketones is 1. The van der Waals surface area contributed by atoms with Gasteiger partial charge in [-0.25, -0.2) is 4.68 Å². The van der Waals surface area contributed by atoms with E-state index in [9.17, 15) is 4.79 Å². The van der Waals surface area contributed by atoms with Crippen LogP contribution >= 0.6 is 27.7 Å². The molecule has 0 fully saturated rings. The summed E-state index contributed by atoms with van der Waals surface area (Å²) in [5.41, 5.74) is 4.15. The quantitative estimate of drug-likeness (QED) is 0.113. The molecule has 42 heavy (non-hydrogen) atoms. The van der Waals surface area contributed by atoms with Gasteiger partial charge >= 0.3 is 0 Å². The van der Waals surface area contributed by atoms with Crippen molar-refractivity contribution in [2.24, 2.45) is 0 Å². The number of Topliss-reactive ketones (excluding diaryl/α,β-unsaturated/α-hetero) is 1. The van der Waals surface area contributed by atoms with Crippen LogP contribution in [-0.2, 0) is 13.2 Å². The molecule has 0 atom stereocenters. The molecule has 4 aromatic carbocycles. The number of rotatable bonds is 11. The Labute approximate surface area is 255 Å². The zero-order valence-corrected chi connectivity index (χ0v) is 24.8. The van der Waals surface area contributed by atoms with Crippen molar-refractivity contribution >= 4 is 33.5 Å². The average molecular weight is 638 g/mol. The molecule has 2 aromatic heterocycles. The molecule has 0 N–H and O–H groups in total. The molecular weight excluding hydrogens is 612 g/mol. The second-order valence-corrected chi connectivity index (χ2v) is 11.2. The summed E-state index contributed by atoms with van der Waals surface area (Å²) in [5, 5.41) is 18.2. The number of carbonyl (C=O) groups excluding carboxylic acids is 1. The fourth-order valence-corrected chi connectivity index (χ4v) is 5.61. The van der Waals surface area contributed by atoms with Gasteiger partial charge in [0.15, 0.2) is 16.8 Å². The zero-order valence-electron chi connectivity index (χ0n) is 22.4. The summed E-state index contributed by atoms with van der Waals surface area (Å²) >= 11 is 4.81. The maximum absolute atomic E-state index is 13.0. The predicted molar refractivity (Wildman–Crippen MR) is 166 cm³/mol. The number of thioether (sulfide) groups is 1. The highest BCUT2D eigenvalue weighted by Gasteiger charge is 2.20. The summed E-state index contributed by atoms with van der Waals surface area (Å²) in [7, 11) is 0. The van der Waals surface area contributed by atoms with Gasteiger partial charge in [0.05, 0.1) is 29.7 Å². The lowest BCUT2D eigenvalue weighted by Crippen LogP contribution is -2.07. The number of nitrogens with zero attached hydrogens (tertiary/aromatic N) is 6. The molecule has 0 aliphatic carbocycles. The Kier molecular flexibility index (Phi) is 8.53. The highest BCUT2D eigenvalue weighted by Crippen LogP contribution is 2.32. The van der Waals surface area contributed by atoms with E-state index in [0.717, 1.165) is 21.3 Å². The van der Waals surface area contributed by atoms with Crippen molar-refractivity contribution in [3.8, 4) is 22.8 Å². The molecule has 0 unspecified atom stereocenters. The van der Waals surface area contributed by atoms with Crippen molar-refractivity contribution < 1.29 is 9.53 Å². The van der Waals surface area contributed by atoms with Gasteiger partial charge in [0, 0.05) is 10.0 Å². The van der Waals surface area contributed by atoms with Crippen LogP contribution in [-0.4, -0.2) is 41.3 Å². The summed E-state index contributed by atoms with van der Waals surface area (Å²) in [6.07, 6.45) is 1.85. The Bertz CT molecular complexity index is 1810. The number of halogens is 1. The highest BCUT2D eigenvalue weighted by atomic mass is 79.9. The smallest absolute Gasteiger partial charge is 0.192 e. The fraction of sp³-hybridized carbons (Fsp3) is 0.0938. The molecule has 6 rings (SSSR count). The van der Waals surface area contributed by atoms with E-state index in [4.69, 9.17) is 4.74 Å². The maximum atomic E-state index is 13.0. The van der Waals surface area contributed by atoms with Gasteiger partial charge in [0.2, 0.25) is 0 Å². The van der Waals surface area contributed by atoms with Gasteiger partial charge in [-0.3, -0.25) is 9.36 Å². The van der Waals surface area contributed by atoms with E-state index in [1.54, 1.807) is 4.68 Å². The molecule has 0 bridgehead atoms. The van der Waals surface area contributed by atoms with E-state index >= 15 is 0 Å². The topological polar surface area (TPSA) is 87.7 Å². The third kappa shape index (κ3) is 6.50. The minimum Gasteiger partial charge on any atom is -0.486 e. The van der Waals surface area contributed by atoms with Gasteiger partial charge in [-0.2, -0.15) is 0 Å². The number of para-hydroxylation sites is 2. The molecule has 0 radical (unpaired) electrons. The van der Waals surface area contributed by atoms with E-state index in [1.807, 2.05) is 108 Å². The van der Waals surface area contributed by atoms with E-state index in [1.165, 1.54) is 11.8 Å². The normalized spacial score (nSPS) is 11.0. The van der Waals surface area contributed by atoms with Crippen molar-refractivity contribution in [2.75, 3.05) is 5.75 Å². The predicted octanol–water partition coefficient (Wildman–Crippen LogP) is 6.89. The van der Waals surface area contributed by atoms with Crippen LogP contribution in [0.1, 0.15) is 21.6 Å². The molecule has 10 heteroatoms. The molecule has 2 heterocycles. The molecule has 0 aliphatic heterocycles. The molecule has 0 spiro atoms. The first-order valence-electron chi connectivity index (χ1n) is 13.2. The molecule has 0 saturated heterocycles. The maximum Gasteiger partial charge on any atom is 0.192 e. The Morgan fingerprint density at radius 2 is 1.60 bits per heavy atom. The van der Waals surface area contributed by atoms with E-state index in [-0.39, 0.29) is 18.1 Å². The second kappa shape index (κ2) is 13.0. The first-order chi connectivity index (χ1) is 20.6. The van der Waals surface area contributed by atoms with Gasteiger partial charge < -0.3 is 4.74 Å². The molecule has 0 saturated carbocycles. The molecule has 6 aromatic rings. The number of benzene rings is 4. The summed E-state index contributed by atoms with van der Waals surface area (Å²) in [4.78, 5) is 13.0. The van der Waals surface area contributed by atoms with E-state index in [0.29, 0.717) is 34.5 Å². The Morgan fingerprint density at radius 3 is 2.40 bits per heavy atom. The van der Waals surface area contributed by atoms with Gasteiger partial charge in [0.25, 0.3) is 0 Å². The largest absolute Gasteiger partial charge is 0.486 e. The lowest BCUT2D eigenvalue weighted by Gasteiger charge is -2.13.